The lowest BCUT2D eigenvalue weighted by Gasteiger charge is -2.12. The quantitative estimate of drug-likeness (QED) is 0.684. The molecule has 2 rings (SSSR count). The van der Waals surface area contributed by atoms with Crippen LogP contribution in [-0.2, 0) is 6.54 Å². The van der Waals surface area contributed by atoms with E-state index in [1.165, 1.54) is 0 Å². The lowest BCUT2D eigenvalue weighted by Crippen LogP contribution is -2.21. The molecule has 0 unspecified atom stereocenters. The molecule has 1 aromatic carbocycles. The largest absolute Gasteiger partial charge is 0.493 e. The maximum absolute atomic E-state index is 11.5. The maximum atomic E-state index is 11.5. The highest BCUT2D eigenvalue weighted by Crippen LogP contribution is 2.29. The van der Waals surface area contributed by atoms with E-state index in [0.717, 1.165) is 0 Å². The Kier molecular flexibility index (Phi) is 5.59. The van der Waals surface area contributed by atoms with Gasteiger partial charge >= 0.3 is 0 Å². The standard InChI is InChI=1S/C15H19N5O3S/c1-4-20-8-10(13(19-20)14(16)21)18-15(24)17-9-5-6-11(22-2)12(7-9)23-3/h5-8H,4H2,1-3H3,(H2,16,21)(H2,17,18,24). The van der Waals surface area contributed by atoms with E-state index < -0.39 is 5.91 Å². The van der Waals surface area contributed by atoms with Crippen LogP contribution in [0.4, 0.5) is 11.4 Å². The number of aryl methyl sites for hydroxylation is 1. The maximum Gasteiger partial charge on any atom is 0.271 e. The molecule has 1 aromatic heterocycles. The number of anilines is 2. The average molecular weight is 349 g/mol. The lowest BCUT2D eigenvalue weighted by atomic mass is 10.3. The second-order valence-corrected chi connectivity index (χ2v) is 5.17. The number of carbonyl (C=O) groups excluding carboxylic acids is 1. The first kappa shape index (κ1) is 17.5. The average Bonchev–Trinajstić information content (AvgIpc) is 2.97. The van der Waals surface area contributed by atoms with Gasteiger partial charge in [-0.2, -0.15) is 5.10 Å². The topological polar surface area (TPSA) is 103 Å². The minimum atomic E-state index is -0.626. The molecule has 2 aromatic rings. The Balaban J connectivity index is 2.14. The van der Waals surface area contributed by atoms with E-state index in [-0.39, 0.29) is 5.69 Å². The zero-order valence-corrected chi connectivity index (χ0v) is 14.4. The highest BCUT2D eigenvalue weighted by molar-refractivity contribution is 7.80. The first-order valence-electron chi connectivity index (χ1n) is 7.15. The molecular formula is C15H19N5O3S. The Hall–Kier alpha value is -2.81. The summed E-state index contributed by atoms with van der Waals surface area (Å²) in [5.74, 6) is 0.558. The molecule has 1 amide bonds. The summed E-state index contributed by atoms with van der Waals surface area (Å²) in [5.41, 5.74) is 6.61. The van der Waals surface area contributed by atoms with Gasteiger partial charge in [0.15, 0.2) is 22.3 Å². The summed E-state index contributed by atoms with van der Waals surface area (Å²) in [5, 5.41) is 10.3. The molecule has 4 N–H and O–H groups in total. The van der Waals surface area contributed by atoms with Crippen LogP contribution in [0.15, 0.2) is 24.4 Å². The van der Waals surface area contributed by atoms with Crippen molar-refractivity contribution in [3.63, 3.8) is 0 Å². The SMILES string of the molecule is CCn1cc(NC(=S)Nc2ccc(OC)c(OC)c2)c(C(N)=O)n1. The predicted molar refractivity (Wildman–Crippen MR) is 95.8 cm³/mol. The normalized spacial score (nSPS) is 10.1. The summed E-state index contributed by atoms with van der Waals surface area (Å²) in [6.07, 6.45) is 1.67. The van der Waals surface area contributed by atoms with Crippen LogP contribution in [0.3, 0.4) is 0 Å². The third kappa shape index (κ3) is 3.93. The van der Waals surface area contributed by atoms with Crippen molar-refractivity contribution < 1.29 is 14.3 Å². The van der Waals surface area contributed by atoms with Gasteiger partial charge in [-0.15, -0.1) is 0 Å². The Morgan fingerprint density at radius 2 is 2.00 bits per heavy atom. The lowest BCUT2D eigenvalue weighted by molar-refractivity contribution is 0.0995. The molecule has 128 valence electrons. The van der Waals surface area contributed by atoms with E-state index in [1.54, 1.807) is 43.3 Å². The Bertz CT molecular complexity index is 760. The summed E-state index contributed by atoms with van der Waals surface area (Å²) in [6, 6.07) is 5.30. The molecule has 9 heteroatoms. The second kappa shape index (κ2) is 7.64. The molecule has 0 aliphatic rings. The number of methoxy groups -OCH3 is 2. The van der Waals surface area contributed by atoms with Gasteiger partial charge in [-0.1, -0.05) is 0 Å². The molecule has 0 aliphatic carbocycles. The molecule has 0 saturated carbocycles. The van der Waals surface area contributed by atoms with Gasteiger partial charge < -0.3 is 25.8 Å². The van der Waals surface area contributed by atoms with Crippen LogP contribution in [0.1, 0.15) is 17.4 Å². The monoisotopic (exact) mass is 349 g/mol. The summed E-state index contributed by atoms with van der Waals surface area (Å²) in [4.78, 5) is 11.5. The molecule has 1 heterocycles. The third-order valence-corrected chi connectivity index (χ3v) is 3.41. The molecular weight excluding hydrogens is 330 g/mol. The number of thiocarbonyl (C=S) groups is 1. The molecule has 0 aliphatic heterocycles. The van der Waals surface area contributed by atoms with Crippen molar-refractivity contribution >= 4 is 34.6 Å². The van der Waals surface area contributed by atoms with Gasteiger partial charge in [0, 0.05) is 24.5 Å². The van der Waals surface area contributed by atoms with Gasteiger partial charge in [-0.05, 0) is 31.3 Å². The van der Waals surface area contributed by atoms with Crippen molar-refractivity contribution in [2.24, 2.45) is 5.73 Å². The molecule has 0 atom stereocenters. The summed E-state index contributed by atoms with van der Waals surface area (Å²) in [7, 11) is 3.12. The van der Waals surface area contributed by atoms with Crippen LogP contribution >= 0.6 is 12.2 Å². The Labute approximate surface area is 144 Å². The van der Waals surface area contributed by atoms with Crippen LogP contribution in [0, 0.1) is 0 Å². The first-order chi connectivity index (χ1) is 11.5. The molecule has 8 nitrogen and oxygen atoms in total. The predicted octanol–water partition coefficient (Wildman–Crippen LogP) is 1.83. The highest BCUT2D eigenvalue weighted by atomic mass is 32.1. The number of amides is 1. The van der Waals surface area contributed by atoms with Crippen LogP contribution in [0.5, 0.6) is 11.5 Å². The van der Waals surface area contributed by atoms with Crippen molar-refractivity contribution in [3.8, 4) is 11.5 Å². The van der Waals surface area contributed by atoms with E-state index >= 15 is 0 Å². The number of hydrogen-bond acceptors (Lipinski definition) is 5. The number of ether oxygens (including phenoxy) is 2. The fraction of sp³-hybridized carbons (Fsp3) is 0.267. The van der Waals surface area contributed by atoms with E-state index in [1.807, 2.05) is 6.92 Å². The summed E-state index contributed by atoms with van der Waals surface area (Å²) in [6.45, 7) is 2.51. The summed E-state index contributed by atoms with van der Waals surface area (Å²) >= 11 is 5.27. The number of primary amides is 1. The molecule has 0 saturated heterocycles. The van der Waals surface area contributed by atoms with E-state index in [0.29, 0.717) is 34.5 Å². The van der Waals surface area contributed by atoms with Crippen molar-refractivity contribution in [1.82, 2.24) is 9.78 Å². The number of nitrogens with zero attached hydrogens (tertiary/aromatic N) is 2. The number of aromatic nitrogens is 2. The highest BCUT2D eigenvalue weighted by Gasteiger charge is 2.15. The number of rotatable bonds is 6. The van der Waals surface area contributed by atoms with Gasteiger partial charge in [-0.25, -0.2) is 0 Å². The molecule has 0 fully saturated rings. The minimum absolute atomic E-state index is 0.133. The van der Waals surface area contributed by atoms with Crippen molar-refractivity contribution in [1.29, 1.82) is 0 Å². The van der Waals surface area contributed by atoms with Crippen LogP contribution in [-0.4, -0.2) is 35.0 Å². The molecule has 0 spiro atoms. The van der Waals surface area contributed by atoms with Crippen molar-refractivity contribution in [3.05, 3.63) is 30.1 Å². The van der Waals surface area contributed by atoms with Gasteiger partial charge in [0.25, 0.3) is 5.91 Å². The molecule has 24 heavy (non-hydrogen) atoms. The fourth-order valence-corrected chi connectivity index (χ4v) is 2.28. The molecule has 0 bridgehead atoms. The zero-order chi connectivity index (χ0) is 17.7. The number of nitrogens with two attached hydrogens (primary N) is 1. The van der Waals surface area contributed by atoms with E-state index in [9.17, 15) is 4.79 Å². The van der Waals surface area contributed by atoms with E-state index in [2.05, 4.69) is 15.7 Å². The number of carbonyl (C=O) groups is 1. The van der Waals surface area contributed by atoms with Crippen LogP contribution in [0.2, 0.25) is 0 Å². The zero-order valence-electron chi connectivity index (χ0n) is 13.6. The van der Waals surface area contributed by atoms with E-state index in [4.69, 9.17) is 27.4 Å². The number of benzene rings is 1. The van der Waals surface area contributed by atoms with Crippen LogP contribution < -0.4 is 25.8 Å². The summed E-state index contributed by atoms with van der Waals surface area (Å²) < 4.78 is 12.0. The fourth-order valence-electron chi connectivity index (χ4n) is 2.06. The van der Waals surface area contributed by atoms with Gasteiger partial charge in [-0.3, -0.25) is 9.48 Å². The molecule has 0 radical (unpaired) electrons. The van der Waals surface area contributed by atoms with Gasteiger partial charge in [0.05, 0.1) is 19.9 Å². The third-order valence-electron chi connectivity index (χ3n) is 3.21. The van der Waals surface area contributed by atoms with Gasteiger partial charge in [0.2, 0.25) is 0 Å². The second-order valence-electron chi connectivity index (χ2n) is 4.76. The Morgan fingerprint density at radius 1 is 1.29 bits per heavy atom. The van der Waals surface area contributed by atoms with Crippen LogP contribution in [0.25, 0.3) is 0 Å². The van der Waals surface area contributed by atoms with Crippen molar-refractivity contribution in [2.75, 3.05) is 24.9 Å². The first-order valence-corrected chi connectivity index (χ1v) is 7.56. The van der Waals surface area contributed by atoms with Crippen molar-refractivity contribution in [2.45, 2.75) is 13.5 Å². The smallest absolute Gasteiger partial charge is 0.271 e. The number of nitrogens with one attached hydrogen (secondary N) is 2. The number of hydrogen-bond donors (Lipinski definition) is 3. The minimum Gasteiger partial charge on any atom is -0.493 e. The van der Waals surface area contributed by atoms with Gasteiger partial charge in [0.1, 0.15) is 0 Å². The Morgan fingerprint density at radius 3 is 2.58 bits per heavy atom.